The van der Waals surface area contributed by atoms with Gasteiger partial charge in [0, 0.05) is 12.2 Å². The van der Waals surface area contributed by atoms with Crippen LogP contribution in [0, 0.1) is 6.92 Å². The van der Waals surface area contributed by atoms with Crippen molar-refractivity contribution in [2.75, 3.05) is 18.6 Å². The van der Waals surface area contributed by atoms with Gasteiger partial charge in [-0.05, 0) is 55.0 Å². The first kappa shape index (κ1) is 15.9. The van der Waals surface area contributed by atoms with Crippen LogP contribution >= 0.6 is 11.8 Å². The number of nitrogens with zero attached hydrogens (tertiary/aromatic N) is 2. The summed E-state index contributed by atoms with van der Waals surface area (Å²) in [5.41, 5.74) is 2.38. The third-order valence-corrected chi connectivity index (χ3v) is 5.01. The number of hydrogen-bond donors (Lipinski definition) is 1. The fourth-order valence-corrected chi connectivity index (χ4v) is 3.77. The zero-order chi connectivity index (χ0) is 16.2. The van der Waals surface area contributed by atoms with Crippen LogP contribution in [-0.2, 0) is 0 Å². The molecule has 6 heteroatoms. The molecule has 122 valence electrons. The van der Waals surface area contributed by atoms with Crippen molar-refractivity contribution in [2.45, 2.75) is 25.8 Å². The topological polar surface area (TPSA) is 56.1 Å². The van der Waals surface area contributed by atoms with E-state index in [1.807, 2.05) is 36.9 Å². The van der Waals surface area contributed by atoms with Gasteiger partial charge in [-0.15, -0.1) is 0 Å². The van der Waals surface area contributed by atoms with Crippen LogP contribution in [0.4, 0.5) is 0 Å². The highest BCUT2D eigenvalue weighted by Crippen LogP contribution is 2.23. The quantitative estimate of drug-likeness (QED) is 0.936. The van der Waals surface area contributed by atoms with Gasteiger partial charge in [0.15, 0.2) is 5.69 Å². The van der Waals surface area contributed by atoms with E-state index < -0.39 is 0 Å². The summed E-state index contributed by atoms with van der Waals surface area (Å²) in [6, 6.07) is 7.90. The molecule has 1 aromatic heterocycles. The molecule has 23 heavy (non-hydrogen) atoms. The number of nitrogens with one attached hydrogen (secondary N) is 1. The van der Waals surface area contributed by atoms with Crippen LogP contribution in [0.5, 0.6) is 5.75 Å². The Morgan fingerprint density at radius 3 is 2.87 bits per heavy atom. The van der Waals surface area contributed by atoms with Gasteiger partial charge in [0.05, 0.1) is 7.11 Å². The number of rotatable bonds is 4. The lowest BCUT2D eigenvalue weighted by atomic mass is 10.1. The van der Waals surface area contributed by atoms with Crippen LogP contribution in [0.2, 0.25) is 0 Å². The van der Waals surface area contributed by atoms with Crippen molar-refractivity contribution in [1.82, 2.24) is 15.1 Å². The largest absolute Gasteiger partial charge is 0.494 e. The Labute approximate surface area is 140 Å². The summed E-state index contributed by atoms with van der Waals surface area (Å²) in [6.07, 6.45) is 3.86. The maximum atomic E-state index is 12.4. The third-order valence-electron chi connectivity index (χ3n) is 3.96. The molecule has 5 nitrogen and oxygen atoms in total. The van der Waals surface area contributed by atoms with Crippen molar-refractivity contribution in [2.24, 2.45) is 0 Å². The van der Waals surface area contributed by atoms with Crippen molar-refractivity contribution >= 4 is 17.7 Å². The molecular weight excluding hydrogens is 310 g/mol. The molecule has 1 amide bonds. The number of benzene rings is 1. The number of ether oxygens (including phenoxy) is 1. The van der Waals surface area contributed by atoms with E-state index in [9.17, 15) is 4.79 Å². The van der Waals surface area contributed by atoms with Crippen molar-refractivity contribution in [3.63, 3.8) is 0 Å². The van der Waals surface area contributed by atoms with Gasteiger partial charge in [0.1, 0.15) is 11.4 Å². The highest BCUT2D eigenvalue weighted by molar-refractivity contribution is 7.99. The number of thioether (sulfide) groups is 1. The van der Waals surface area contributed by atoms with Crippen LogP contribution in [0.25, 0.3) is 5.69 Å². The number of methoxy groups -OCH3 is 1. The second-order valence-corrected chi connectivity index (χ2v) is 6.91. The Bertz CT molecular complexity index is 693. The lowest BCUT2D eigenvalue weighted by Gasteiger charge is -2.21. The molecule has 2 aromatic rings. The summed E-state index contributed by atoms with van der Waals surface area (Å²) in [4.78, 5) is 12.4. The molecular formula is C17H21N3O2S. The van der Waals surface area contributed by atoms with Gasteiger partial charge in [0.2, 0.25) is 0 Å². The molecule has 0 aliphatic carbocycles. The van der Waals surface area contributed by atoms with E-state index in [0.717, 1.165) is 41.3 Å². The van der Waals surface area contributed by atoms with E-state index in [0.29, 0.717) is 5.69 Å². The summed E-state index contributed by atoms with van der Waals surface area (Å²) < 4.78 is 7.07. The average molecular weight is 331 g/mol. The maximum absolute atomic E-state index is 12.4. The predicted molar refractivity (Wildman–Crippen MR) is 92.7 cm³/mol. The van der Waals surface area contributed by atoms with E-state index in [1.54, 1.807) is 24.1 Å². The smallest absolute Gasteiger partial charge is 0.272 e. The van der Waals surface area contributed by atoms with E-state index >= 15 is 0 Å². The lowest BCUT2D eigenvalue weighted by molar-refractivity contribution is 0.0929. The minimum absolute atomic E-state index is 0.104. The van der Waals surface area contributed by atoms with Crippen LogP contribution in [-0.4, -0.2) is 40.3 Å². The first-order chi connectivity index (χ1) is 11.2. The molecule has 1 aliphatic rings. The Hall–Kier alpha value is -1.95. The number of amides is 1. The standard InChI is InChI=1S/C17H21N3O2S/c1-12-3-4-16(22-2)15(11-12)20-8-5-14(19-20)17(21)18-13-6-9-23-10-7-13/h3-5,8,11,13H,6-7,9-10H2,1-2H3,(H,18,21). The van der Waals surface area contributed by atoms with E-state index in [2.05, 4.69) is 10.4 Å². The van der Waals surface area contributed by atoms with Gasteiger partial charge < -0.3 is 10.1 Å². The number of aryl methyl sites for hydroxylation is 1. The van der Waals surface area contributed by atoms with Crippen molar-refractivity contribution in [3.8, 4) is 11.4 Å². The van der Waals surface area contributed by atoms with Crippen LogP contribution < -0.4 is 10.1 Å². The summed E-state index contributed by atoms with van der Waals surface area (Å²) in [6.45, 7) is 2.02. The monoisotopic (exact) mass is 331 g/mol. The molecule has 0 bridgehead atoms. The van der Waals surface area contributed by atoms with E-state index in [1.165, 1.54) is 0 Å². The van der Waals surface area contributed by atoms with Gasteiger partial charge in [-0.2, -0.15) is 16.9 Å². The fraction of sp³-hybridized carbons (Fsp3) is 0.412. The van der Waals surface area contributed by atoms with Gasteiger partial charge in [-0.1, -0.05) is 6.07 Å². The highest BCUT2D eigenvalue weighted by atomic mass is 32.2. The molecule has 1 aromatic carbocycles. The first-order valence-corrected chi connectivity index (χ1v) is 8.92. The maximum Gasteiger partial charge on any atom is 0.272 e. The molecule has 0 saturated carbocycles. The molecule has 1 aliphatic heterocycles. The molecule has 1 N–H and O–H groups in total. The normalized spacial score (nSPS) is 15.4. The minimum atomic E-state index is -0.104. The number of carbonyl (C=O) groups is 1. The Balaban J connectivity index is 1.77. The zero-order valence-electron chi connectivity index (χ0n) is 13.4. The molecule has 0 atom stereocenters. The van der Waals surface area contributed by atoms with E-state index in [4.69, 9.17) is 4.74 Å². The lowest BCUT2D eigenvalue weighted by Crippen LogP contribution is -2.37. The zero-order valence-corrected chi connectivity index (χ0v) is 14.2. The molecule has 0 spiro atoms. The Kier molecular flexibility index (Phi) is 4.91. The first-order valence-electron chi connectivity index (χ1n) is 7.76. The Morgan fingerprint density at radius 2 is 2.13 bits per heavy atom. The van der Waals surface area contributed by atoms with Crippen LogP contribution in [0.1, 0.15) is 28.9 Å². The second-order valence-electron chi connectivity index (χ2n) is 5.68. The molecule has 1 saturated heterocycles. The Morgan fingerprint density at radius 1 is 1.35 bits per heavy atom. The summed E-state index contributed by atoms with van der Waals surface area (Å²) in [7, 11) is 1.63. The molecule has 2 heterocycles. The number of hydrogen-bond acceptors (Lipinski definition) is 4. The van der Waals surface area contributed by atoms with Gasteiger partial charge in [-0.3, -0.25) is 4.79 Å². The van der Waals surface area contributed by atoms with Gasteiger partial charge >= 0.3 is 0 Å². The number of carbonyl (C=O) groups excluding carboxylic acids is 1. The third kappa shape index (κ3) is 3.69. The molecule has 3 rings (SSSR count). The average Bonchev–Trinajstić information content (AvgIpc) is 3.06. The van der Waals surface area contributed by atoms with E-state index in [-0.39, 0.29) is 11.9 Å². The molecule has 0 unspecified atom stereocenters. The minimum Gasteiger partial charge on any atom is -0.494 e. The fourth-order valence-electron chi connectivity index (χ4n) is 2.66. The van der Waals surface area contributed by atoms with Crippen molar-refractivity contribution < 1.29 is 9.53 Å². The van der Waals surface area contributed by atoms with Crippen LogP contribution in [0.3, 0.4) is 0 Å². The summed E-state index contributed by atoms with van der Waals surface area (Å²) >= 11 is 1.94. The summed E-state index contributed by atoms with van der Waals surface area (Å²) in [5.74, 6) is 2.85. The highest BCUT2D eigenvalue weighted by Gasteiger charge is 2.19. The molecule has 0 radical (unpaired) electrons. The summed E-state index contributed by atoms with van der Waals surface area (Å²) in [5, 5.41) is 7.50. The second kappa shape index (κ2) is 7.08. The molecule has 1 fully saturated rings. The SMILES string of the molecule is COc1ccc(C)cc1-n1ccc(C(=O)NC2CCSCC2)n1. The van der Waals surface area contributed by atoms with Crippen LogP contribution in [0.15, 0.2) is 30.5 Å². The van der Waals surface area contributed by atoms with Crippen molar-refractivity contribution in [1.29, 1.82) is 0 Å². The van der Waals surface area contributed by atoms with Crippen molar-refractivity contribution in [3.05, 3.63) is 41.7 Å². The predicted octanol–water partition coefficient (Wildman–Crippen LogP) is 2.81. The van der Waals surface area contributed by atoms with Gasteiger partial charge in [0.25, 0.3) is 5.91 Å². The number of aromatic nitrogens is 2. The van der Waals surface area contributed by atoms with Gasteiger partial charge in [-0.25, -0.2) is 4.68 Å².